The highest BCUT2D eigenvalue weighted by Crippen LogP contribution is 2.20. The normalized spacial score (nSPS) is 11.3. The molecule has 2 N–H and O–H groups in total. The Morgan fingerprint density at radius 3 is 2.47 bits per heavy atom. The van der Waals surface area contributed by atoms with Crippen LogP contribution in [0.25, 0.3) is 0 Å². The zero-order valence-corrected chi connectivity index (χ0v) is 11.8. The van der Waals surface area contributed by atoms with E-state index in [2.05, 4.69) is 20.9 Å². The molecule has 1 amide bonds. The molecule has 0 aliphatic heterocycles. The van der Waals surface area contributed by atoms with Gasteiger partial charge in [-0.05, 0) is 23.8 Å². The number of nitrogens with two attached hydrogens (primary N) is 1. The third-order valence-electron chi connectivity index (χ3n) is 2.52. The molecule has 0 unspecified atom stereocenters. The lowest BCUT2D eigenvalue weighted by molar-refractivity contribution is -0.116. The van der Waals surface area contributed by atoms with E-state index in [4.69, 9.17) is 5.73 Å². The summed E-state index contributed by atoms with van der Waals surface area (Å²) in [5.74, 6) is -0.391. The van der Waals surface area contributed by atoms with Gasteiger partial charge in [0.1, 0.15) is 0 Å². The van der Waals surface area contributed by atoms with Crippen molar-refractivity contribution in [2.45, 2.75) is 6.42 Å². The molecule has 0 heterocycles. The molecule has 3 nitrogen and oxygen atoms in total. The molecule has 2 aromatic rings. The molecule has 0 atom stereocenters. The third-order valence-corrected chi connectivity index (χ3v) is 3.01. The largest absolute Gasteiger partial charge is 0.369 e. The summed E-state index contributed by atoms with van der Waals surface area (Å²) in [7, 11) is 0. The summed E-state index contributed by atoms with van der Waals surface area (Å²) >= 11 is 3.40. The van der Waals surface area contributed by atoms with Gasteiger partial charge in [-0.1, -0.05) is 52.3 Å². The van der Waals surface area contributed by atoms with Crippen LogP contribution < -0.4 is 5.73 Å². The van der Waals surface area contributed by atoms with Crippen molar-refractivity contribution in [3.8, 4) is 0 Å². The van der Waals surface area contributed by atoms with Crippen molar-refractivity contribution in [3.05, 3.63) is 64.6 Å². The van der Waals surface area contributed by atoms with E-state index >= 15 is 0 Å². The van der Waals surface area contributed by atoms with E-state index in [0.29, 0.717) is 5.71 Å². The van der Waals surface area contributed by atoms with E-state index in [0.717, 1.165) is 15.7 Å². The fraction of sp³-hybridized carbons (Fsp3) is 0.0667. The van der Waals surface area contributed by atoms with E-state index in [9.17, 15) is 4.79 Å². The van der Waals surface area contributed by atoms with E-state index in [1.54, 1.807) is 0 Å². The van der Waals surface area contributed by atoms with E-state index in [-0.39, 0.29) is 6.42 Å². The summed E-state index contributed by atoms with van der Waals surface area (Å²) in [5.41, 5.74) is 7.65. The summed E-state index contributed by atoms with van der Waals surface area (Å²) in [6.07, 6.45) is 0.122. The quantitative estimate of drug-likeness (QED) is 0.863. The fourth-order valence-electron chi connectivity index (χ4n) is 1.70. The molecule has 19 heavy (non-hydrogen) atoms. The molecule has 0 saturated heterocycles. The number of nitrogens with zero attached hydrogens (tertiary/aromatic N) is 1. The number of hydrogen-bond donors (Lipinski definition) is 1. The summed E-state index contributed by atoms with van der Waals surface area (Å²) in [5, 5.41) is 0. The number of rotatable bonds is 4. The molecule has 0 saturated carbocycles. The molecular weight excluding hydrogens is 304 g/mol. The minimum Gasteiger partial charge on any atom is -0.369 e. The number of carbonyl (C=O) groups excluding carboxylic acids is 1. The molecule has 0 aliphatic rings. The van der Waals surface area contributed by atoms with Gasteiger partial charge in [0.15, 0.2) is 0 Å². The minimum atomic E-state index is -0.391. The SMILES string of the molecule is NC(=O)CC(=Nc1cccc(Br)c1)c1ccccc1. The molecule has 0 aliphatic carbocycles. The number of hydrogen-bond acceptors (Lipinski definition) is 2. The van der Waals surface area contributed by atoms with Crippen molar-refractivity contribution in [2.75, 3.05) is 0 Å². The van der Waals surface area contributed by atoms with Gasteiger partial charge in [0.2, 0.25) is 5.91 Å². The standard InChI is InChI=1S/C15H13BrN2O/c16-12-7-4-8-13(9-12)18-14(10-15(17)19)11-5-2-1-3-6-11/h1-9H,10H2,(H2,17,19). The van der Waals surface area contributed by atoms with Gasteiger partial charge >= 0.3 is 0 Å². The van der Waals surface area contributed by atoms with Gasteiger partial charge in [0, 0.05) is 4.47 Å². The molecule has 0 spiro atoms. The predicted molar refractivity (Wildman–Crippen MR) is 80.6 cm³/mol. The summed E-state index contributed by atoms with van der Waals surface area (Å²) in [6, 6.07) is 17.2. The molecule has 4 heteroatoms. The smallest absolute Gasteiger partial charge is 0.223 e. The number of benzene rings is 2. The maximum absolute atomic E-state index is 11.2. The number of aliphatic imine (C=N–C) groups is 1. The van der Waals surface area contributed by atoms with Crippen molar-refractivity contribution in [2.24, 2.45) is 10.7 Å². The molecule has 96 valence electrons. The molecule has 2 rings (SSSR count). The van der Waals surface area contributed by atoms with Gasteiger partial charge in [-0.25, -0.2) is 0 Å². The minimum absolute atomic E-state index is 0.122. The van der Waals surface area contributed by atoms with Crippen LogP contribution in [0.15, 0.2) is 64.1 Å². The Morgan fingerprint density at radius 2 is 1.84 bits per heavy atom. The van der Waals surface area contributed by atoms with Crippen LogP contribution in [0.1, 0.15) is 12.0 Å². The van der Waals surface area contributed by atoms with Crippen LogP contribution in [0.3, 0.4) is 0 Å². The average Bonchev–Trinajstić information content (AvgIpc) is 2.38. The zero-order chi connectivity index (χ0) is 13.7. The molecule has 0 aromatic heterocycles. The number of amides is 1. The van der Waals surface area contributed by atoms with Crippen LogP contribution in [0, 0.1) is 0 Å². The second-order valence-corrected chi connectivity index (χ2v) is 4.96. The monoisotopic (exact) mass is 316 g/mol. The molecule has 2 aromatic carbocycles. The Balaban J connectivity index is 2.40. The summed E-state index contributed by atoms with van der Waals surface area (Å²) < 4.78 is 0.945. The van der Waals surface area contributed by atoms with Gasteiger partial charge < -0.3 is 5.73 Å². The molecular formula is C15H13BrN2O. The first-order valence-corrected chi connectivity index (χ1v) is 6.61. The van der Waals surface area contributed by atoms with E-state index < -0.39 is 5.91 Å². The second kappa shape index (κ2) is 6.29. The van der Waals surface area contributed by atoms with Gasteiger partial charge in [-0.3, -0.25) is 9.79 Å². The lowest BCUT2D eigenvalue weighted by Crippen LogP contribution is -2.16. The number of primary amides is 1. The van der Waals surface area contributed by atoms with Crippen LogP contribution in [0.2, 0.25) is 0 Å². The lowest BCUT2D eigenvalue weighted by atomic mass is 10.1. The van der Waals surface area contributed by atoms with Gasteiger partial charge in [-0.15, -0.1) is 0 Å². The first-order valence-electron chi connectivity index (χ1n) is 5.82. The second-order valence-electron chi connectivity index (χ2n) is 4.05. The fourth-order valence-corrected chi connectivity index (χ4v) is 2.09. The van der Waals surface area contributed by atoms with Crippen LogP contribution >= 0.6 is 15.9 Å². The van der Waals surface area contributed by atoms with Crippen molar-refractivity contribution in [3.63, 3.8) is 0 Å². The van der Waals surface area contributed by atoms with Crippen molar-refractivity contribution in [1.82, 2.24) is 0 Å². The predicted octanol–water partition coefficient (Wildman–Crippen LogP) is 3.45. The highest BCUT2D eigenvalue weighted by molar-refractivity contribution is 9.10. The molecule has 0 fully saturated rings. The van der Waals surface area contributed by atoms with Gasteiger partial charge in [0.25, 0.3) is 0 Å². The first-order chi connectivity index (χ1) is 9.15. The number of halogens is 1. The highest BCUT2D eigenvalue weighted by Gasteiger charge is 2.07. The van der Waals surface area contributed by atoms with Crippen LogP contribution in [-0.4, -0.2) is 11.6 Å². The Bertz CT molecular complexity index is 609. The van der Waals surface area contributed by atoms with Crippen LogP contribution in [-0.2, 0) is 4.79 Å². The average molecular weight is 317 g/mol. The Kier molecular flexibility index (Phi) is 4.47. The van der Waals surface area contributed by atoms with Gasteiger partial charge in [0.05, 0.1) is 17.8 Å². The summed E-state index contributed by atoms with van der Waals surface area (Å²) in [6.45, 7) is 0. The van der Waals surface area contributed by atoms with E-state index in [1.165, 1.54) is 0 Å². The van der Waals surface area contributed by atoms with Crippen molar-refractivity contribution < 1.29 is 4.79 Å². The topological polar surface area (TPSA) is 55.5 Å². The maximum atomic E-state index is 11.2. The van der Waals surface area contributed by atoms with Crippen LogP contribution in [0.4, 0.5) is 5.69 Å². The maximum Gasteiger partial charge on any atom is 0.223 e. The van der Waals surface area contributed by atoms with Crippen LogP contribution in [0.5, 0.6) is 0 Å². The van der Waals surface area contributed by atoms with E-state index in [1.807, 2.05) is 54.6 Å². The molecule has 0 bridgehead atoms. The third kappa shape index (κ3) is 4.03. The van der Waals surface area contributed by atoms with Crippen molar-refractivity contribution in [1.29, 1.82) is 0 Å². The van der Waals surface area contributed by atoms with Gasteiger partial charge in [-0.2, -0.15) is 0 Å². The Labute approximate surface area is 120 Å². The first kappa shape index (κ1) is 13.5. The molecule has 0 radical (unpaired) electrons. The highest BCUT2D eigenvalue weighted by atomic mass is 79.9. The Morgan fingerprint density at radius 1 is 1.11 bits per heavy atom. The number of carbonyl (C=O) groups is 1. The van der Waals surface area contributed by atoms with Crippen molar-refractivity contribution >= 4 is 33.2 Å². The zero-order valence-electron chi connectivity index (χ0n) is 10.2. The Hall–Kier alpha value is -1.94. The summed E-state index contributed by atoms with van der Waals surface area (Å²) in [4.78, 5) is 15.7. The lowest BCUT2D eigenvalue weighted by Gasteiger charge is -2.05.